The number of aromatic amines is 1. The lowest BCUT2D eigenvalue weighted by atomic mass is 10.2. The molecule has 0 unspecified atom stereocenters. The van der Waals surface area contributed by atoms with Gasteiger partial charge in [-0.2, -0.15) is 10.2 Å². The van der Waals surface area contributed by atoms with Crippen LogP contribution >= 0.6 is 0 Å². The first-order valence-electron chi connectivity index (χ1n) is 11.6. The van der Waals surface area contributed by atoms with Crippen LogP contribution in [0.1, 0.15) is 30.9 Å². The molecule has 4 aromatic rings. The molecule has 9 nitrogen and oxygen atoms in total. The Hall–Kier alpha value is -3.98. The number of anilines is 2. The Kier molecular flexibility index (Phi) is 6.35. The number of fused-ring (bicyclic) bond motifs is 1. The van der Waals surface area contributed by atoms with E-state index in [0.717, 1.165) is 36.0 Å². The molecule has 0 saturated heterocycles. The van der Waals surface area contributed by atoms with Crippen LogP contribution in [0.25, 0.3) is 16.5 Å². The highest BCUT2D eigenvalue weighted by Gasteiger charge is 2.28. The Morgan fingerprint density at radius 1 is 1.03 bits per heavy atom. The molecule has 2 aromatic carbocycles. The highest BCUT2D eigenvalue weighted by molar-refractivity contribution is 5.92. The second-order valence-corrected chi connectivity index (χ2v) is 8.43. The van der Waals surface area contributed by atoms with Gasteiger partial charge < -0.3 is 16.0 Å². The molecule has 1 fully saturated rings. The maximum Gasteiger partial charge on any atom is 0.272 e. The van der Waals surface area contributed by atoms with E-state index >= 15 is 0 Å². The summed E-state index contributed by atoms with van der Waals surface area (Å²) in [7, 11) is 0. The third-order valence-corrected chi connectivity index (χ3v) is 5.80. The number of hydrogen-bond acceptors (Lipinski definition) is 6. The molecular formula is C25H27N7O2. The van der Waals surface area contributed by atoms with Crippen molar-refractivity contribution in [2.75, 3.05) is 30.3 Å². The lowest BCUT2D eigenvalue weighted by molar-refractivity contribution is -0.115. The predicted molar refractivity (Wildman–Crippen MR) is 133 cm³/mol. The van der Waals surface area contributed by atoms with Crippen LogP contribution in [0.15, 0.2) is 65.5 Å². The Balaban J connectivity index is 1.11. The number of nitrogens with zero attached hydrogens (tertiary/aromatic N) is 3. The van der Waals surface area contributed by atoms with E-state index in [4.69, 9.17) is 5.10 Å². The van der Waals surface area contributed by atoms with Gasteiger partial charge in [-0.1, -0.05) is 36.4 Å². The van der Waals surface area contributed by atoms with Crippen molar-refractivity contribution in [1.82, 2.24) is 25.3 Å². The number of carbonyl (C=O) groups excluding carboxylic acids is 1. The molecule has 1 aliphatic rings. The second-order valence-electron chi connectivity index (χ2n) is 8.43. The minimum absolute atomic E-state index is 0.110. The third kappa shape index (κ3) is 4.99. The van der Waals surface area contributed by atoms with Crippen molar-refractivity contribution in [1.29, 1.82) is 0 Å². The Bertz CT molecular complexity index is 1340. The number of nitrogens with one attached hydrogen (secondary N) is 4. The number of carbonyl (C=O) groups is 1. The zero-order valence-corrected chi connectivity index (χ0v) is 18.8. The molecule has 34 heavy (non-hydrogen) atoms. The number of benzene rings is 2. The summed E-state index contributed by atoms with van der Waals surface area (Å²) >= 11 is 0. The highest BCUT2D eigenvalue weighted by atomic mass is 16.2. The van der Waals surface area contributed by atoms with E-state index in [1.165, 1.54) is 0 Å². The SMILES string of the molecule is O=C(CNCCCNc1n[nH]c(=O)c2ccccc12)Nc1cc(C2CC2)nn1-c1ccccc1. The fraction of sp³-hybridized carbons (Fsp3) is 0.280. The molecule has 4 N–H and O–H groups in total. The Morgan fingerprint density at radius 2 is 1.79 bits per heavy atom. The third-order valence-electron chi connectivity index (χ3n) is 5.80. The molecule has 0 radical (unpaired) electrons. The van der Waals surface area contributed by atoms with Gasteiger partial charge in [0, 0.05) is 23.9 Å². The van der Waals surface area contributed by atoms with Gasteiger partial charge in [-0.25, -0.2) is 9.78 Å². The highest BCUT2D eigenvalue weighted by Crippen LogP contribution is 2.40. The average Bonchev–Trinajstić information content (AvgIpc) is 3.63. The molecule has 9 heteroatoms. The minimum Gasteiger partial charge on any atom is -0.368 e. The summed E-state index contributed by atoms with van der Waals surface area (Å²) in [5.41, 5.74) is 1.75. The molecule has 0 atom stereocenters. The van der Waals surface area contributed by atoms with Crippen LogP contribution in [0.4, 0.5) is 11.6 Å². The van der Waals surface area contributed by atoms with E-state index in [2.05, 4.69) is 26.1 Å². The van der Waals surface area contributed by atoms with Crippen molar-refractivity contribution in [2.24, 2.45) is 0 Å². The molecule has 2 aromatic heterocycles. The zero-order chi connectivity index (χ0) is 23.3. The first-order chi connectivity index (χ1) is 16.7. The number of hydrogen-bond donors (Lipinski definition) is 4. The van der Waals surface area contributed by atoms with Crippen LogP contribution in [0.2, 0.25) is 0 Å². The number of H-pyrrole nitrogens is 1. The standard InChI is InChI=1S/C25H27N7O2/c33-23(28-22-15-21(17-11-12-17)31-32(22)18-7-2-1-3-8-18)16-26-13-6-14-27-24-19-9-4-5-10-20(19)25(34)30-29-24/h1-5,7-10,15,17,26H,6,11-14,16H2,(H,27,29)(H,28,33)(H,30,34). The van der Waals surface area contributed by atoms with E-state index in [9.17, 15) is 9.59 Å². The molecule has 2 heterocycles. The number of para-hydroxylation sites is 1. The molecule has 0 bridgehead atoms. The van der Waals surface area contributed by atoms with Gasteiger partial charge in [0.25, 0.3) is 5.56 Å². The zero-order valence-electron chi connectivity index (χ0n) is 18.8. The van der Waals surface area contributed by atoms with E-state index in [-0.39, 0.29) is 18.0 Å². The molecular weight excluding hydrogens is 430 g/mol. The van der Waals surface area contributed by atoms with Crippen LogP contribution < -0.4 is 21.5 Å². The molecule has 0 spiro atoms. The minimum atomic E-state index is -0.202. The Morgan fingerprint density at radius 3 is 2.59 bits per heavy atom. The lowest BCUT2D eigenvalue weighted by Gasteiger charge is -2.10. The molecule has 1 aliphatic carbocycles. The van der Waals surface area contributed by atoms with Gasteiger partial charge >= 0.3 is 0 Å². The quantitative estimate of drug-likeness (QED) is 0.272. The van der Waals surface area contributed by atoms with Crippen LogP contribution in [-0.4, -0.2) is 45.5 Å². The maximum atomic E-state index is 12.5. The van der Waals surface area contributed by atoms with Crippen molar-refractivity contribution in [3.8, 4) is 5.69 Å². The van der Waals surface area contributed by atoms with Crippen molar-refractivity contribution in [3.05, 3.63) is 76.7 Å². The van der Waals surface area contributed by atoms with Gasteiger partial charge in [-0.05, 0) is 44.0 Å². The van der Waals surface area contributed by atoms with Crippen molar-refractivity contribution in [2.45, 2.75) is 25.2 Å². The maximum absolute atomic E-state index is 12.5. The summed E-state index contributed by atoms with van der Waals surface area (Å²) in [6.45, 7) is 1.52. The monoisotopic (exact) mass is 457 g/mol. The van der Waals surface area contributed by atoms with Gasteiger partial charge in [0.2, 0.25) is 5.91 Å². The number of aromatic nitrogens is 4. The summed E-state index contributed by atoms with van der Waals surface area (Å²) < 4.78 is 1.80. The van der Waals surface area contributed by atoms with E-state index < -0.39 is 0 Å². The van der Waals surface area contributed by atoms with Crippen molar-refractivity contribution in [3.63, 3.8) is 0 Å². The van der Waals surface area contributed by atoms with E-state index in [0.29, 0.717) is 36.0 Å². The van der Waals surface area contributed by atoms with Crippen molar-refractivity contribution < 1.29 is 4.79 Å². The topological polar surface area (TPSA) is 117 Å². The van der Waals surface area contributed by atoms with Gasteiger partial charge in [-0.3, -0.25) is 9.59 Å². The molecule has 5 rings (SSSR count). The number of rotatable bonds is 10. The fourth-order valence-corrected chi connectivity index (χ4v) is 3.89. The molecule has 1 saturated carbocycles. The predicted octanol–water partition coefficient (Wildman–Crippen LogP) is 3.02. The Labute approximate surface area is 196 Å². The first kappa shape index (κ1) is 21.8. The molecule has 1 amide bonds. The number of amides is 1. The summed E-state index contributed by atoms with van der Waals surface area (Å²) in [5, 5.41) is 22.2. The van der Waals surface area contributed by atoms with Gasteiger partial charge in [0.1, 0.15) is 5.82 Å². The van der Waals surface area contributed by atoms with E-state index in [1.54, 1.807) is 10.7 Å². The van der Waals surface area contributed by atoms with Crippen LogP contribution in [0.3, 0.4) is 0 Å². The average molecular weight is 458 g/mol. The van der Waals surface area contributed by atoms with E-state index in [1.807, 2.05) is 54.6 Å². The van der Waals surface area contributed by atoms with Gasteiger partial charge in [-0.15, -0.1) is 0 Å². The van der Waals surface area contributed by atoms with Crippen LogP contribution in [0.5, 0.6) is 0 Å². The first-order valence-corrected chi connectivity index (χ1v) is 11.6. The smallest absolute Gasteiger partial charge is 0.272 e. The molecule has 174 valence electrons. The van der Waals surface area contributed by atoms with Gasteiger partial charge in [0.05, 0.1) is 23.3 Å². The fourth-order valence-electron chi connectivity index (χ4n) is 3.89. The van der Waals surface area contributed by atoms with Crippen molar-refractivity contribution >= 4 is 28.3 Å². The summed E-state index contributed by atoms with van der Waals surface area (Å²) in [6, 6.07) is 19.2. The summed E-state index contributed by atoms with van der Waals surface area (Å²) in [5.74, 6) is 1.73. The summed E-state index contributed by atoms with van der Waals surface area (Å²) in [4.78, 5) is 24.4. The normalized spacial score (nSPS) is 13.2. The molecule has 0 aliphatic heterocycles. The second kappa shape index (κ2) is 9.88. The largest absolute Gasteiger partial charge is 0.368 e. The van der Waals surface area contributed by atoms with Crippen LogP contribution in [0, 0.1) is 0 Å². The van der Waals surface area contributed by atoms with Crippen LogP contribution in [-0.2, 0) is 4.79 Å². The summed E-state index contributed by atoms with van der Waals surface area (Å²) in [6.07, 6.45) is 3.09. The van der Waals surface area contributed by atoms with Gasteiger partial charge in [0.15, 0.2) is 5.82 Å². The lowest BCUT2D eigenvalue weighted by Crippen LogP contribution is -2.30.